The Balaban J connectivity index is 1.53. The summed E-state index contributed by atoms with van der Waals surface area (Å²) in [6.07, 6.45) is 7.74. The SMILES string of the molecule is CCOc1ccc(N2C(=O)C[C@@H](N3CCC[C@@H]4CCCC[C@@H]43)C2=O)cc1. The molecule has 3 aliphatic rings. The summed E-state index contributed by atoms with van der Waals surface area (Å²) in [4.78, 5) is 29.5. The van der Waals surface area contributed by atoms with E-state index in [1.54, 1.807) is 0 Å². The second-order valence-corrected chi connectivity index (χ2v) is 7.71. The zero-order chi connectivity index (χ0) is 18.1. The number of piperidine rings is 1. The monoisotopic (exact) mass is 356 g/mol. The van der Waals surface area contributed by atoms with Crippen molar-refractivity contribution in [2.45, 2.75) is 64.0 Å². The molecule has 5 heteroatoms. The van der Waals surface area contributed by atoms with Gasteiger partial charge in [0.2, 0.25) is 5.91 Å². The van der Waals surface area contributed by atoms with E-state index >= 15 is 0 Å². The van der Waals surface area contributed by atoms with Gasteiger partial charge < -0.3 is 4.74 Å². The summed E-state index contributed by atoms with van der Waals surface area (Å²) >= 11 is 0. The molecule has 3 fully saturated rings. The van der Waals surface area contributed by atoms with Crippen LogP contribution in [-0.2, 0) is 9.59 Å². The van der Waals surface area contributed by atoms with Crippen LogP contribution in [0.1, 0.15) is 51.9 Å². The summed E-state index contributed by atoms with van der Waals surface area (Å²) in [7, 11) is 0. The average Bonchev–Trinajstić information content (AvgIpc) is 2.96. The smallest absolute Gasteiger partial charge is 0.251 e. The maximum absolute atomic E-state index is 13.1. The third kappa shape index (κ3) is 3.13. The lowest BCUT2D eigenvalue weighted by Gasteiger charge is -2.46. The van der Waals surface area contributed by atoms with E-state index < -0.39 is 0 Å². The van der Waals surface area contributed by atoms with E-state index in [4.69, 9.17) is 4.74 Å². The third-order valence-electron chi connectivity index (χ3n) is 6.22. The molecule has 0 bridgehead atoms. The van der Waals surface area contributed by atoms with Crippen molar-refractivity contribution in [1.29, 1.82) is 0 Å². The largest absolute Gasteiger partial charge is 0.494 e. The lowest BCUT2D eigenvalue weighted by molar-refractivity contribution is -0.124. The van der Waals surface area contributed by atoms with Crippen molar-refractivity contribution in [2.75, 3.05) is 18.1 Å². The van der Waals surface area contributed by atoms with Gasteiger partial charge in [-0.3, -0.25) is 14.5 Å². The Morgan fingerprint density at radius 1 is 1.04 bits per heavy atom. The minimum Gasteiger partial charge on any atom is -0.494 e. The van der Waals surface area contributed by atoms with Crippen LogP contribution in [-0.4, -0.2) is 41.9 Å². The minimum absolute atomic E-state index is 0.0506. The molecule has 0 unspecified atom stereocenters. The van der Waals surface area contributed by atoms with Gasteiger partial charge in [-0.1, -0.05) is 12.8 Å². The minimum atomic E-state index is -0.278. The highest BCUT2D eigenvalue weighted by atomic mass is 16.5. The number of ether oxygens (including phenoxy) is 1. The van der Waals surface area contributed by atoms with Crippen molar-refractivity contribution >= 4 is 17.5 Å². The fourth-order valence-corrected chi connectivity index (χ4v) is 5.05. The van der Waals surface area contributed by atoms with Crippen molar-refractivity contribution in [3.05, 3.63) is 24.3 Å². The van der Waals surface area contributed by atoms with Gasteiger partial charge in [0, 0.05) is 6.04 Å². The highest BCUT2D eigenvalue weighted by Crippen LogP contribution is 2.38. The van der Waals surface area contributed by atoms with E-state index in [9.17, 15) is 9.59 Å². The molecule has 3 atom stereocenters. The molecule has 1 aromatic rings. The fourth-order valence-electron chi connectivity index (χ4n) is 5.05. The molecular formula is C21H28N2O3. The standard InChI is InChI=1S/C21H28N2O3/c1-2-26-17-11-9-16(10-12-17)23-20(24)14-19(21(23)25)22-13-5-7-15-6-3-4-8-18(15)22/h9-12,15,18-19H,2-8,13-14H2,1H3/t15-,18-,19+/m0/s1. The second kappa shape index (κ2) is 7.39. The number of benzene rings is 1. The normalized spacial score (nSPS) is 29.7. The van der Waals surface area contributed by atoms with E-state index in [1.807, 2.05) is 31.2 Å². The van der Waals surface area contributed by atoms with Crippen LogP contribution < -0.4 is 9.64 Å². The Labute approximate surface area is 155 Å². The molecule has 0 radical (unpaired) electrons. The molecule has 140 valence electrons. The van der Waals surface area contributed by atoms with Crippen molar-refractivity contribution < 1.29 is 14.3 Å². The molecule has 1 aliphatic carbocycles. The summed E-state index contributed by atoms with van der Waals surface area (Å²) in [5.41, 5.74) is 0.656. The maximum atomic E-state index is 13.1. The molecule has 4 rings (SSSR count). The number of anilines is 1. The lowest BCUT2D eigenvalue weighted by atomic mass is 9.77. The van der Waals surface area contributed by atoms with Gasteiger partial charge in [0.25, 0.3) is 5.91 Å². The maximum Gasteiger partial charge on any atom is 0.251 e. The molecule has 2 saturated heterocycles. The summed E-state index contributed by atoms with van der Waals surface area (Å²) in [6, 6.07) is 7.47. The van der Waals surface area contributed by atoms with Crippen molar-refractivity contribution in [1.82, 2.24) is 4.90 Å². The Morgan fingerprint density at radius 2 is 1.77 bits per heavy atom. The van der Waals surface area contributed by atoms with Gasteiger partial charge in [-0.05, 0) is 69.3 Å². The quantitative estimate of drug-likeness (QED) is 0.776. The molecule has 1 aromatic carbocycles. The number of carbonyl (C=O) groups excluding carboxylic acids is 2. The summed E-state index contributed by atoms with van der Waals surface area (Å²) < 4.78 is 5.46. The predicted molar refractivity (Wildman–Crippen MR) is 100 cm³/mol. The summed E-state index contributed by atoms with van der Waals surface area (Å²) in [6.45, 7) is 3.48. The van der Waals surface area contributed by atoms with Gasteiger partial charge in [-0.2, -0.15) is 0 Å². The zero-order valence-corrected chi connectivity index (χ0v) is 15.5. The van der Waals surface area contributed by atoms with Gasteiger partial charge in [0.15, 0.2) is 0 Å². The first kappa shape index (κ1) is 17.5. The number of rotatable bonds is 4. The molecule has 2 aliphatic heterocycles. The van der Waals surface area contributed by atoms with Gasteiger partial charge >= 0.3 is 0 Å². The van der Waals surface area contributed by atoms with Crippen molar-refractivity contribution in [2.24, 2.45) is 5.92 Å². The van der Waals surface area contributed by atoms with Crippen LogP contribution in [0, 0.1) is 5.92 Å². The predicted octanol–water partition coefficient (Wildman–Crippen LogP) is 3.37. The number of fused-ring (bicyclic) bond motifs is 1. The number of carbonyl (C=O) groups is 2. The first-order valence-electron chi connectivity index (χ1n) is 10.0. The Hall–Kier alpha value is -1.88. The second-order valence-electron chi connectivity index (χ2n) is 7.71. The van der Waals surface area contributed by atoms with E-state index in [0.717, 1.165) is 18.7 Å². The van der Waals surface area contributed by atoms with E-state index in [-0.39, 0.29) is 17.9 Å². The van der Waals surface area contributed by atoms with E-state index in [1.165, 1.54) is 37.0 Å². The Bertz CT molecular complexity index is 670. The van der Waals surface area contributed by atoms with Crippen LogP contribution in [0.2, 0.25) is 0 Å². The summed E-state index contributed by atoms with van der Waals surface area (Å²) in [5.74, 6) is 1.33. The van der Waals surface area contributed by atoms with Gasteiger partial charge in [0.1, 0.15) is 5.75 Å². The fraction of sp³-hybridized carbons (Fsp3) is 0.619. The number of amides is 2. The average molecular weight is 356 g/mol. The first-order chi connectivity index (χ1) is 12.7. The van der Waals surface area contributed by atoms with Crippen LogP contribution in [0.4, 0.5) is 5.69 Å². The Kier molecular flexibility index (Phi) is 4.98. The van der Waals surface area contributed by atoms with Crippen LogP contribution in [0.15, 0.2) is 24.3 Å². The number of nitrogens with zero attached hydrogens (tertiary/aromatic N) is 2. The Morgan fingerprint density at radius 3 is 2.54 bits per heavy atom. The topological polar surface area (TPSA) is 49.9 Å². The zero-order valence-electron chi connectivity index (χ0n) is 15.5. The molecule has 2 amide bonds. The van der Waals surface area contributed by atoms with Crippen molar-refractivity contribution in [3.63, 3.8) is 0 Å². The molecule has 0 spiro atoms. The number of hydrogen-bond acceptors (Lipinski definition) is 4. The molecule has 0 aromatic heterocycles. The van der Waals surface area contributed by atoms with Crippen LogP contribution in [0.3, 0.4) is 0 Å². The lowest BCUT2D eigenvalue weighted by Crippen LogP contribution is -2.54. The molecule has 0 N–H and O–H groups in total. The van der Waals surface area contributed by atoms with E-state index in [2.05, 4.69) is 4.90 Å². The molecule has 2 heterocycles. The number of likely N-dealkylation sites (tertiary alicyclic amines) is 1. The summed E-state index contributed by atoms with van der Waals surface area (Å²) in [5, 5.41) is 0. The van der Waals surface area contributed by atoms with Crippen LogP contribution in [0.25, 0.3) is 0 Å². The molecule has 1 saturated carbocycles. The van der Waals surface area contributed by atoms with Gasteiger partial charge in [-0.25, -0.2) is 4.90 Å². The first-order valence-corrected chi connectivity index (χ1v) is 10.0. The number of hydrogen-bond donors (Lipinski definition) is 0. The molecular weight excluding hydrogens is 328 g/mol. The van der Waals surface area contributed by atoms with Crippen LogP contribution >= 0.6 is 0 Å². The highest BCUT2D eigenvalue weighted by Gasteiger charge is 2.47. The third-order valence-corrected chi connectivity index (χ3v) is 6.22. The van der Waals surface area contributed by atoms with Crippen molar-refractivity contribution in [3.8, 4) is 5.75 Å². The van der Waals surface area contributed by atoms with Gasteiger partial charge in [-0.15, -0.1) is 0 Å². The number of imide groups is 1. The van der Waals surface area contributed by atoms with E-state index in [0.29, 0.717) is 30.7 Å². The highest BCUT2D eigenvalue weighted by molar-refractivity contribution is 6.22. The van der Waals surface area contributed by atoms with Gasteiger partial charge in [0.05, 0.1) is 24.8 Å². The molecule has 5 nitrogen and oxygen atoms in total. The molecule has 26 heavy (non-hydrogen) atoms. The van der Waals surface area contributed by atoms with Crippen LogP contribution in [0.5, 0.6) is 5.75 Å².